The van der Waals surface area contributed by atoms with Crippen molar-refractivity contribution in [2.75, 3.05) is 6.54 Å². The van der Waals surface area contributed by atoms with E-state index in [-0.39, 0.29) is 11.3 Å². The molecule has 2 aliphatic rings. The molecule has 2 aliphatic carbocycles. The van der Waals surface area contributed by atoms with E-state index in [0.29, 0.717) is 17.6 Å². The zero-order valence-electron chi connectivity index (χ0n) is 12.3. The van der Waals surface area contributed by atoms with Crippen LogP contribution in [0.1, 0.15) is 44.1 Å². The highest BCUT2D eigenvalue weighted by atomic mass is 32.1. The molecular formula is C17H22N2OS. The number of nitrogens with zero attached hydrogens (tertiary/aromatic N) is 1. The van der Waals surface area contributed by atoms with Crippen LogP contribution >= 0.6 is 12.2 Å². The molecule has 2 fully saturated rings. The Balaban J connectivity index is 1.85. The van der Waals surface area contributed by atoms with Gasteiger partial charge in [0.2, 0.25) is 5.91 Å². The van der Waals surface area contributed by atoms with Gasteiger partial charge >= 0.3 is 0 Å². The highest BCUT2D eigenvalue weighted by molar-refractivity contribution is 7.80. The lowest BCUT2D eigenvalue weighted by atomic mass is 9.93. The van der Waals surface area contributed by atoms with Crippen molar-refractivity contribution in [3.8, 4) is 0 Å². The van der Waals surface area contributed by atoms with E-state index in [2.05, 4.69) is 12.1 Å². The SMILES string of the molecule is NC(=S)CN(C(=O)C1(c2ccccc2)CC1)C1CCCC1. The number of hydrogen-bond acceptors (Lipinski definition) is 2. The summed E-state index contributed by atoms with van der Waals surface area (Å²) in [4.78, 5) is 15.5. The summed E-state index contributed by atoms with van der Waals surface area (Å²) >= 11 is 5.07. The summed E-state index contributed by atoms with van der Waals surface area (Å²) in [5.74, 6) is 0.230. The molecule has 112 valence electrons. The Morgan fingerprint density at radius 1 is 1.24 bits per heavy atom. The third-order valence-corrected chi connectivity index (χ3v) is 4.97. The lowest BCUT2D eigenvalue weighted by Crippen LogP contribution is -2.48. The van der Waals surface area contributed by atoms with E-state index in [1.165, 1.54) is 12.8 Å². The van der Waals surface area contributed by atoms with Gasteiger partial charge in [0.15, 0.2) is 0 Å². The highest BCUT2D eigenvalue weighted by Crippen LogP contribution is 2.50. The van der Waals surface area contributed by atoms with Crippen LogP contribution in [-0.2, 0) is 10.2 Å². The number of amides is 1. The molecule has 2 N–H and O–H groups in total. The fourth-order valence-electron chi connectivity index (χ4n) is 3.53. The van der Waals surface area contributed by atoms with Gasteiger partial charge in [-0.25, -0.2) is 0 Å². The van der Waals surface area contributed by atoms with Crippen LogP contribution in [0.25, 0.3) is 0 Å². The molecule has 1 aromatic rings. The zero-order valence-corrected chi connectivity index (χ0v) is 13.1. The highest BCUT2D eigenvalue weighted by Gasteiger charge is 2.53. The van der Waals surface area contributed by atoms with Gasteiger partial charge in [0, 0.05) is 6.04 Å². The van der Waals surface area contributed by atoms with E-state index in [1.54, 1.807) is 0 Å². The van der Waals surface area contributed by atoms with Crippen LogP contribution in [0.3, 0.4) is 0 Å². The fourth-order valence-corrected chi connectivity index (χ4v) is 3.67. The van der Waals surface area contributed by atoms with Gasteiger partial charge in [0.25, 0.3) is 0 Å². The van der Waals surface area contributed by atoms with E-state index in [0.717, 1.165) is 31.2 Å². The molecule has 3 nitrogen and oxygen atoms in total. The minimum atomic E-state index is -0.311. The summed E-state index contributed by atoms with van der Waals surface area (Å²) in [5, 5.41) is 0. The molecule has 0 aliphatic heterocycles. The van der Waals surface area contributed by atoms with Crippen LogP contribution in [-0.4, -0.2) is 28.4 Å². The molecule has 1 amide bonds. The summed E-state index contributed by atoms with van der Waals surface area (Å²) in [6.45, 7) is 0.424. The maximum atomic E-state index is 13.2. The van der Waals surface area contributed by atoms with Gasteiger partial charge in [0.1, 0.15) is 0 Å². The second-order valence-electron chi connectivity index (χ2n) is 6.29. The Hall–Kier alpha value is -1.42. The van der Waals surface area contributed by atoms with Gasteiger partial charge < -0.3 is 10.6 Å². The normalized spacial score (nSPS) is 20.2. The van der Waals surface area contributed by atoms with Crippen LogP contribution in [0.15, 0.2) is 30.3 Å². The van der Waals surface area contributed by atoms with Crippen molar-refractivity contribution in [3.05, 3.63) is 35.9 Å². The minimum Gasteiger partial charge on any atom is -0.392 e. The molecule has 4 heteroatoms. The van der Waals surface area contributed by atoms with Gasteiger partial charge in [0.05, 0.1) is 16.9 Å². The first-order valence-corrected chi connectivity index (χ1v) is 8.19. The van der Waals surface area contributed by atoms with Crippen LogP contribution in [0.5, 0.6) is 0 Å². The van der Waals surface area contributed by atoms with E-state index < -0.39 is 0 Å². The maximum Gasteiger partial charge on any atom is 0.233 e. The third kappa shape index (κ3) is 2.82. The zero-order chi connectivity index (χ0) is 14.9. The van der Waals surface area contributed by atoms with Crippen LogP contribution in [0, 0.1) is 0 Å². The summed E-state index contributed by atoms with van der Waals surface area (Å²) in [5.41, 5.74) is 6.57. The predicted octanol–water partition coefficient (Wildman–Crippen LogP) is 2.78. The first-order valence-electron chi connectivity index (χ1n) is 7.78. The molecular weight excluding hydrogens is 280 g/mol. The molecule has 0 atom stereocenters. The van der Waals surface area contributed by atoms with E-state index in [1.807, 2.05) is 23.1 Å². The molecule has 0 spiro atoms. The number of benzene rings is 1. The Morgan fingerprint density at radius 3 is 2.38 bits per heavy atom. The molecule has 0 bridgehead atoms. The number of carbonyl (C=O) groups excluding carboxylic acids is 1. The van der Waals surface area contributed by atoms with Crippen molar-refractivity contribution < 1.29 is 4.79 Å². The molecule has 0 aromatic heterocycles. The number of carbonyl (C=O) groups is 1. The van der Waals surface area contributed by atoms with Gasteiger partial charge in [-0.15, -0.1) is 0 Å². The Morgan fingerprint density at radius 2 is 1.86 bits per heavy atom. The van der Waals surface area contributed by atoms with Crippen molar-refractivity contribution in [3.63, 3.8) is 0 Å². The van der Waals surface area contributed by atoms with E-state index >= 15 is 0 Å². The monoisotopic (exact) mass is 302 g/mol. The summed E-state index contributed by atoms with van der Waals surface area (Å²) in [6, 6.07) is 10.5. The number of hydrogen-bond donors (Lipinski definition) is 1. The number of rotatable bonds is 5. The second kappa shape index (κ2) is 5.76. The van der Waals surface area contributed by atoms with Crippen molar-refractivity contribution in [2.45, 2.75) is 50.0 Å². The predicted molar refractivity (Wildman–Crippen MR) is 88.1 cm³/mol. The average molecular weight is 302 g/mol. The van der Waals surface area contributed by atoms with Crippen molar-refractivity contribution in [2.24, 2.45) is 5.73 Å². The molecule has 0 saturated heterocycles. The van der Waals surface area contributed by atoms with Gasteiger partial charge in [-0.05, 0) is 31.2 Å². The Kier molecular flexibility index (Phi) is 3.98. The molecule has 0 unspecified atom stereocenters. The van der Waals surface area contributed by atoms with Crippen molar-refractivity contribution >= 4 is 23.1 Å². The van der Waals surface area contributed by atoms with Gasteiger partial charge in [-0.2, -0.15) is 0 Å². The maximum absolute atomic E-state index is 13.2. The largest absolute Gasteiger partial charge is 0.392 e. The lowest BCUT2D eigenvalue weighted by Gasteiger charge is -2.32. The van der Waals surface area contributed by atoms with Crippen molar-refractivity contribution in [1.29, 1.82) is 0 Å². The van der Waals surface area contributed by atoms with Crippen molar-refractivity contribution in [1.82, 2.24) is 4.90 Å². The molecule has 0 radical (unpaired) electrons. The number of thiocarbonyl (C=S) groups is 1. The van der Waals surface area contributed by atoms with E-state index in [9.17, 15) is 4.79 Å². The Labute approximate surface area is 131 Å². The lowest BCUT2D eigenvalue weighted by molar-refractivity contribution is -0.135. The van der Waals surface area contributed by atoms with Gasteiger partial charge in [-0.3, -0.25) is 4.79 Å². The standard InChI is InChI=1S/C17H22N2OS/c18-15(21)12-19(14-8-4-5-9-14)16(20)17(10-11-17)13-6-2-1-3-7-13/h1-3,6-7,14H,4-5,8-12H2,(H2,18,21). The average Bonchev–Trinajstić information content (AvgIpc) is 3.13. The van der Waals surface area contributed by atoms with E-state index in [4.69, 9.17) is 18.0 Å². The third-order valence-electron chi connectivity index (χ3n) is 4.84. The minimum absolute atomic E-state index is 0.230. The smallest absolute Gasteiger partial charge is 0.233 e. The second-order valence-corrected chi connectivity index (χ2v) is 6.81. The summed E-state index contributed by atoms with van der Waals surface area (Å²) in [7, 11) is 0. The van der Waals surface area contributed by atoms with Crippen LogP contribution < -0.4 is 5.73 Å². The first-order chi connectivity index (χ1) is 10.1. The van der Waals surface area contributed by atoms with Gasteiger partial charge in [-0.1, -0.05) is 55.4 Å². The molecule has 3 rings (SSSR count). The summed E-state index contributed by atoms with van der Waals surface area (Å²) in [6.07, 6.45) is 6.44. The van der Waals surface area contributed by atoms with Crippen LogP contribution in [0.4, 0.5) is 0 Å². The Bertz CT molecular complexity index is 533. The summed E-state index contributed by atoms with van der Waals surface area (Å²) < 4.78 is 0. The number of nitrogens with two attached hydrogens (primary N) is 1. The molecule has 1 aromatic carbocycles. The van der Waals surface area contributed by atoms with Crippen LogP contribution in [0.2, 0.25) is 0 Å². The topological polar surface area (TPSA) is 46.3 Å². The first kappa shape index (κ1) is 14.5. The molecule has 21 heavy (non-hydrogen) atoms. The molecule has 0 heterocycles. The fraction of sp³-hybridized carbons (Fsp3) is 0.529. The quantitative estimate of drug-likeness (QED) is 0.851. The molecule has 2 saturated carbocycles.